The van der Waals surface area contributed by atoms with Gasteiger partial charge in [-0.25, -0.2) is 19.9 Å². The van der Waals surface area contributed by atoms with Gasteiger partial charge in [-0.15, -0.1) is 5.10 Å². The summed E-state index contributed by atoms with van der Waals surface area (Å²) >= 11 is 1.28. The molecule has 2 aromatic heterocycles. The van der Waals surface area contributed by atoms with Gasteiger partial charge in [0.1, 0.15) is 5.03 Å². The molecule has 17 heavy (non-hydrogen) atoms. The van der Waals surface area contributed by atoms with Crippen molar-refractivity contribution >= 4 is 17.7 Å². The second-order valence-corrected chi connectivity index (χ2v) is 4.35. The normalized spacial score (nSPS) is 10.7. The molecule has 2 aromatic rings. The van der Waals surface area contributed by atoms with E-state index in [1.807, 2.05) is 13.8 Å². The van der Waals surface area contributed by atoms with Crippen LogP contribution in [-0.2, 0) is 6.54 Å². The number of nitrogens with zero attached hydrogens (tertiary/aromatic N) is 4. The highest BCUT2D eigenvalue weighted by Gasteiger charge is 2.10. The van der Waals surface area contributed by atoms with E-state index in [1.54, 1.807) is 6.07 Å². The zero-order chi connectivity index (χ0) is 12.4. The van der Waals surface area contributed by atoms with Crippen LogP contribution in [0.5, 0.6) is 0 Å². The molecule has 0 fully saturated rings. The summed E-state index contributed by atoms with van der Waals surface area (Å²) in [4.78, 5) is 19.4. The molecule has 0 unspecified atom stereocenters. The first-order valence-corrected chi connectivity index (χ1v) is 5.86. The predicted molar refractivity (Wildman–Crippen MR) is 63.8 cm³/mol. The monoisotopic (exact) mass is 252 g/mol. The van der Waals surface area contributed by atoms with Crippen LogP contribution in [0, 0.1) is 6.92 Å². The Bertz CT molecular complexity index is 569. The molecular weight excluding hydrogens is 240 g/mol. The van der Waals surface area contributed by atoms with Crippen LogP contribution in [0.25, 0.3) is 0 Å². The largest absolute Gasteiger partial charge is 0.368 e. The molecule has 2 rings (SSSR count). The van der Waals surface area contributed by atoms with Crippen molar-refractivity contribution in [3.05, 3.63) is 22.2 Å². The van der Waals surface area contributed by atoms with Gasteiger partial charge in [0.25, 0.3) is 0 Å². The molecule has 2 heterocycles. The molecule has 0 aliphatic rings. The number of nitrogens with one attached hydrogen (secondary N) is 1. The van der Waals surface area contributed by atoms with Crippen molar-refractivity contribution in [3.8, 4) is 0 Å². The number of aromatic nitrogens is 5. The lowest BCUT2D eigenvalue weighted by Crippen LogP contribution is -2.16. The summed E-state index contributed by atoms with van der Waals surface area (Å²) in [5, 5.41) is 7.56. The van der Waals surface area contributed by atoms with Crippen molar-refractivity contribution < 1.29 is 0 Å². The van der Waals surface area contributed by atoms with E-state index in [0.29, 0.717) is 16.7 Å². The first kappa shape index (κ1) is 11.6. The van der Waals surface area contributed by atoms with Crippen LogP contribution in [-0.4, -0.2) is 24.7 Å². The van der Waals surface area contributed by atoms with E-state index in [2.05, 4.69) is 20.2 Å². The first-order chi connectivity index (χ1) is 8.10. The highest BCUT2D eigenvalue weighted by molar-refractivity contribution is 7.99. The molecule has 0 bridgehead atoms. The van der Waals surface area contributed by atoms with E-state index in [0.717, 1.165) is 5.69 Å². The Balaban J connectivity index is 2.34. The van der Waals surface area contributed by atoms with Gasteiger partial charge in [0.2, 0.25) is 5.95 Å². The number of nitrogen functional groups attached to an aromatic ring is 1. The fraction of sp³-hybridized carbons (Fsp3) is 0.333. The number of hydrogen-bond acceptors (Lipinski definition) is 6. The minimum Gasteiger partial charge on any atom is -0.368 e. The molecule has 0 aliphatic carbocycles. The van der Waals surface area contributed by atoms with Crippen molar-refractivity contribution in [3.63, 3.8) is 0 Å². The summed E-state index contributed by atoms with van der Waals surface area (Å²) in [7, 11) is 0. The summed E-state index contributed by atoms with van der Waals surface area (Å²) < 4.78 is 1.53. The number of aromatic amines is 1. The third-order valence-corrected chi connectivity index (χ3v) is 3.00. The Morgan fingerprint density at radius 1 is 1.53 bits per heavy atom. The fourth-order valence-electron chi connectivity index (χ4n) is 1.37. The average Bonchev–Trinajstić information content (AvgIpc) is 2.57. The van der Waals surface area contributed by atoms with Crippen molar-refractivity contribution in [1.82, 2.24) is 24.7 Å². The number of anilines is 1. The minimum absolute atomic E-state index is 0.216. The predicted octanol–water partition coefficient (Wildman–Crippen LogP) is 0.423. The van der Waals surface area contributed by atoms with Gasteiger partial charge >= 0.3 is 5.69 Å². The molecule has 90 valence electrons. The summed E-state index contributed by atoms with van der Waals surface area (Å²) in [6, 6.07) is 1.79. The standard InChI is InChI=1S/C9H12N6OS/c1-3-15-8(16)13-14-9(15)17-6-4-5(2)11-7(10)12-6/h4H,3H2,1-2H3,(H,13,16)(H2,10,11,12). The molecule has 0 aromatic carbocycles. The topological polar surface area (TPSA) is 102 Å². The van der Waals surface area contributed by atoms with Gasteiger partial charge in [-0.1, -0.05) is 0 Å². The van der Waals surface area contributed by atoms with E-state index in [4.69, 9.17) is 5.73 Å². The maximum absolute atomic E-state index is 11.4. The SMILES string of the molecule is CCn1c(Sc2cc(C)nc(N)n2)n[nH]c1=O. The zero-order valence-electron chi connectivity index (χ0n) is 9.47. The Hall–Kier alpha value is -1.83. The molecule has 0 saturated carbocycles. The zero-order valence-corrected chi connectivity index (χ0v) is 10.3. The molecule has 0 spiro atoms. The molecule has 0 atom stereocenters. The van der Waals surface area contributed by atoms with Crippen molar-refractivity contribution in [2.24, 2.45) is 0 Å². The van der Waals surface area contributed by atoms with Gasteiger partial charge in [-0.05, 0) is 31.7 Å². The van der Waals surface area contributed by atoms with Gasteiger partial charge in [0, 0.05) is 12.2 Å². The maximum atomic E-state index is 11.4. The Labute approximate surface area is 101 Å². The van der Waals surface area contributed by atoms with Crippen LogP contribution in [0.3, 0.4) is 0 Å². The van der Waals surface area contributed by atoms with Crippen LogP contribution in [0.1, 0.15) is 12.6 Å². The maximum Gasteiger partial charge on any atom is 0.343 e. The molecule has 3 N–H and O–H groups in total. The molecular formula is C9H12N6OS. The van der Waals surface area contributed by atoms with Gasteiger partial charge in [-0.2, -0.15) is 0 Å². The fourth-order valence-corrected chi connectivity index (χ4v) is 2.34. The molecule has 0 saturated heterocycles. The van der Waals surface area contributed by atoms with Crippen molar-refractivity contribution in [2.75, 3.05) is 5.73 Å². The summed E-state index contributed by atoms with van der Waals surface area (Å²) in [6.45, 7) is 4.26. The van der Waals surface area contributed by atoms with Crippen molar-refractivity contribution in [2.45, 2.75) is 30.6 Å². The minimum atomic E-state index is -0.228. The number of rotatable bonds is 3. The van der Waals surface area contributed by atoms with Gasteiger partial charge in [-0.3, -0.25) is 4.57 Å². The van der Waals surface area contributed by atoms with Crippen LogP contribution < -0.4 is 11.4 Å². The van der Waals surface area contributed by atoms with Gasteiger partial charge in [0.05, 0.1) is 0 Å². The highest BCUT2D eigenvalue weighted by atomic mass is 32.2. The van der Waals surface area contributed by atoms with E-state index in [9.17, 15) is 4.79 Å². The lowest BCUT2D eigenvalue weighted by Gasteiger charge is -2.03. The van der Waals surface area contributed by atoms with E-state index in [1.165, 1.54) is 16.3 Å². The Morgan fingerprint density at radius 2 is 2.29 bits per heavy atom. The second-order valence-electron chi connectivity index (χ2n) is 3.36. The second kappa shape index (κ2) is 4.58. The summed E-state index contributed by atoms with van der Waals surface area (Å²) in [5.74, 6) is 0.216. The summed E-state index contributed by atoms with van der Waals surface area (Å²) in [5.41, 5.74) is 6.11. The average molecular weight is 252 g/mol. The third kappa shape index (κ3) is 2.47. The third-order valence-electron chi connectivity index (χ3n) is 2.08. The van der Waals surface area contributed by atoms with E-state index >= 15 is 0 Å². The Morgan fingerprint density at radius 3 is 2.94 bits per heavy atom. The molecule has 7 nitrogen and oxygen atoms in total. The van der Waals surface area contributed by atoms with E-state index < -0.39 is 0 Å². The molecule has 0 aliphatic heterocycles. The molecule has 8 heteroatoms. The smallest absolute Gasteiger partial charge is 0.343 e. The molecule has 0 radical (unpaired) electrons. The van der Waals surface area contributed by atoms with Gasteiger partial charge in [0.15, 0.2) is 5.16 Å². The van der Waals surface area contributed by atoms with Crippen LogP contribution >= 0.6 is 11.8 Å². The molecule has 0 amide bonds. The van der Waals surface area contributed by atoms with Crippen LogP contribution in [0.2, 0.25) is 0 Å². The van der Waals surface area contributed by atoms with Gasteiger partial charge < -0.3 is 5.73 Å². The number of nitrogens with two attached hydrogens (primary N) is 1. The number of hydrogen-bond donors (Lipinski definition) is 2. The summed E-state index contributed by atoms with van der Waals surface area (Å²) in [6.07, 6.45) is 0. The first-order valence-electron chi connectivity index (χ1n) is 5.04. The van der Waals surface area contributed by atoms with Crippen LogP contribution in [0.4, 0.5) is 5.95 Å². The Kier molecular flexibility index (Phi) is 3.14. The lowest BCUT2D eigenvalue weighted by molar-refractivity contribution is 0.660. The number of aryl methyl sites for hydroxylation is 1. The van der Waals surface area contributed by atoms with Crippen LogP contribution in [0.15, 0.2) is 21.0 Å². The number of H-pyrrole nitrogens is 1. The van der Waals surface area contributed by atoms with Crippen molar-refractivity contribution in [1.29, 1.82) is 0 Å². The lowest BCUT2D eigenvalue weighted by atomic mass is 10.5. The quantitative estimate of drug-likeness (QED) is 0.768. The van der Waals surface area contributed by atoms with E-state index in [-0.39, 0.29) is 11.6 Å². The highest BCUT2D eigenvalue weighted by Crippen LogP contribution is 2.23.